The zero-order valence-electron chi connectivity index (χ0n) is 54.2. The average molecular weight is 1520 g/mol. The van der Waals surface area contributed by atoms with E-state index in [2.05, 4.69) is 102 Å². The maximum atomic E-state index is 13.7. The number of rotatable bonds is 19. The molecule has 20 heteroatoms. The van der Waals surface area contributed by atoms with Gasteiger partial charge in [-0.3, -0.25) is 9.80 Å². The molecule has 14 nitrogen and oxygen atoms in total. The van der Waals surface area contributed by atoms with Gasteiger partial charge in [-0.05, 0) is 160 Å². The van der Waals surface area contributed by atoms with E-state index in [1.807, 2.05) is 31.5 Å². The Morgan fingerprint density at radius 2 is 1.00 bits per heavy atom. The van der Waals surface area contributed by atoms with Crippen LogP contribution in [0.4, 0.5) is 0 Å². The summed E-state index contributed by atoms with van der Waals surface area (Å²) in [6, 6.07) is 22.7. The van der Waals surface area contributed by atoms with Gasteiger partial charge in [-0.15, -0.1) is 11.3 Å². The minimum Gasteiger partial charge on any atom is -0.380 e. The third-order valence-corrected chi connectivity index (χ3v) is 43.6. The Bertz CT molecular complexity index is 3760. The first-order valence-electron chi connectivity index (χ1n) is 33.4. The quantitative estimate of drug-likeness (QED) is 0.0559. The van der Waals surface area contributed by atoms with E-state index in [9.17, 15) is 16.8 Å². The van der Waals surface area contributed by atoms with Crippen LogP contribution in [0.15, 0.2) is 107 Å². The Morgan fingerprint density at radius 1 is 0.556 bits per heavy atom. The molecule has 486 valence electrons. The van der Waals surface area contributed by atoms with Crippen LogP contribution in [-0.2, 0) is 29.5 Å². The van der Waals surface area contributed by atoms with E-state index >= 15 is 0 Å². The number of hydrogen-bond donors (Lipinski definition) is 0. The number of aromatic nitrogens is 6. The maximum absolute atomic E-state index is 13.7. The van der Waals surface area contributed by atoms with Crippen LogP contribution in [0.25, 0.3) is 32.6 Å². The smallest absolute Gasteiger partial charge is 0.269 e. The normalized spacial score (nSPS) is 20.0. The first-order valence-corrected chi connectivity index (χ1v) is 46.4. The van der Waals surface area contributed by atoms with Crippen molar-refractivity contribution in [1.29, 1.82) is 0 Å². The first kappa shape index (κ1) is 69.2. The van der Waals surface area contributed by atoms with Crippen LogP contribution in [0.1, 0.15) is 168 Å². The van der Waals surface area contributed by atoms with Crippen molar-refractivity contribution in [3.63, 3.8) is 0 Å². The first-order chi connectivity index (χ1) is 43.5. The van der Waals surface area contributed by atoms with Gasteiger partial charge < -0.3 is 9.47 Å². The van der Waals surface area contributed by atoms with Gasteiger partial charge in [0.1, 0.15) is 5.01 Å². The summed E-state index contributed by atoms with van der Waals surface area (Å²) in [6.45, 7) is 23.3. The van der Waals surface area contributed by atoms with Crippen molar-refractivity contribution in [2.75, 3.05) is 52.6 Å². The fourth-order valence-electron chi connectivity index (χ4n) is 13.9. The molecule has 2 saturated carbocycles. The van der Waals surface area contributed by atoms with E-state index < -0.39 is 38.4 Å². The van der Waals surface area contributed by atoms with Gasteiger partial charge in [-0.25, -0.2) is 39.7 Å². The van der Waals surface area contributed by atoms with Gasteiger partial charge in [0, 0.05) is 101 Å². The van der Waals surface area contributed by atoms with Gasteiger partial charge in [0.15, 0.2) is 11.3 Å². The molecule has 0 bridgehead atoms. The van der Waals surface area contributed by atoms with Crippen molar-refractivity contribution in [2.24, 2.45) is 0 Å². The Labute approximate surface area is 562 Å². The van der Waals surface area contributed by atoms with Crippen LogP contribution < -0.4 is 3.02 Å². The van der Waals surface area contributed by atoms with Crippen molar-refractivity contribution in [2.45, 2.75) is 198 Å². The maximum Gasteiger partial charge on any atom is 0.269 e. The zero-order chi connectivity index (χ0) is 63.4. The number of ether oxygens (including phenoxy) is 2. The van der Waals surface area contributed by atoms with Crippen molar-refractivity contribution in [3.05, 3.63) is 133 Å². The third kappa shape index (κ3) is 16.3. The Hall–Kier alpha value is -3.65. The van der Waals surface area contributed by atoms with E-state index in [1.54, 1.807) is 75.3 Å². The molecule has 2 aliphatic heterocycles. The summed E-state index contributed by atoms with van der Waals surface area (Å²) >= 11 is 3.66. The summed E-state index contributed by atoms with van der Waals surface area (Å²) in [7, 11) is -7.47. The molecule has 4 fully saturated rings. The number of pyridine rings is 2. The van der Waals surface area contributed by atoms with Crippen LogP contribution in [0.5, 0.6) is 0 Å². The van der Waals surface area contributed by atoms with Gasteiger partial charge in [-0.1, -0.05) is 36.4 Å². The molecule has 0 unspecified atom stereocenters. The van der Waals surface area contributed by atoms with Gasteiger partial charge in [0.25, 0.3) is 20.0 Å². The fraction of sp³-hybridized carbons (Fsp3) is 0.543. The molecule has 0 spiro atoms. The Kier molecular flexibility index (Phi) is 24.7. The summed E-state index contributed by atoms with van der Waals surface area (Å²) in [5, 5.41) is 2.59. The molecule has 8 aromatic rings. The molecule has 90 heavy (non-hydrogen) atoms. The van der Waals surface area contributed by atoms with E-state index in [4.69, 9.17) is 24.4 Å². The summed E-state index contributed by atoms with van der Waals surface area (Å²) in [5.41, 5.74) is 6.47. The number of aryl methyl sites for hydroxylation is 4. The molecule has 0 atom stereocenters. The predicted molar refractivity (Wildman–Crippen MR) is 381 cm³/mol. The van der Waals surface area contributed by atoms with Crippen LogP contribution in [-0.4, -0.2) is 138 Å². The fourth-order valence-corrected chi connectivity index (χ4v) is 38.4. The van der Waals surface area contributed by atoms with Crippen LogP contribution >= 0.6 is 45.3 Å². The molecule has 8 heterocycles. The second kappa shape index (κ2) is 32.2. The van der Waals surface area contributed by atoms with E-state index in [0.29, 0.717) is 35.2 Å². The van der Waals surface area contributed by atoms with Gasteiger partial charge in [-0.2, -0.15) is 0 Å². The molecular weight excluding hydrogens is 1420 g/mol. The van der Waals surface area contributed by atoms with Crippen molar-refractivity contribution < 1.29 is 26.3 Å². The molecule has 0 radical (unpaired) electrons. The minimum absolute atomic E-state index is 0.248. The molecule has 6 aromatic heterocycles. The van der Waals surface area contributed by atoms with E-state index in [0.717, 1.165) is 127 Å². The van der Waals surface area contributed by atoms with E-state index in [-0.39, 0.29) is 9.79 Å². The summed E-state index contributed by atoms with van der Waals surface area (Å²) in [5.74, 6) is 0.907. The summed E-state index contributed by atoms with van der Waals surface area (Å²) in [6.07, 6.45) is 27.0. The third-order valence-electron chi connectivity index (χ3n) is 19.5. The zero-order valence-corrected chi connectivity index (χ0v) is 62.5. The molecule has 12 rings (SSSR count). The number of unbranched alkanes of at least 4 members (excludes halogenated alkanes) is 3. The number of thiazole rings is 2. The van der Waals surface area contributed by atoms with Crippen molar-refractivity contribution in [1.82, 2.24) is 37.7 Å². The average Bonchev–Trinajstić information content (AvgIpc) is 1.60. The van der Waals surface area contributed by atoms with Gasteiger partial charge in [0.2, 0.25) is 0 Å². The van der Waals surface area contributed by atoms with Crippen LogP contribution in [0.3, 0.4) is 0 Å². The summed E-state index contributed by atoms with van der Waals surface area (Å²) in [4.78, 5) is 27.6. The monoisotopic (exact) mass is 1520 g/mol. The van der Waals surface area contributed by atoms with Crippen molar-refractivity contribution in [3.8, 4) is 10.6 Å². The van der Waals surface area contributed by atoms with Crippen LogP contribution in [0, 0.1) is 31.3 Å². The van der Waals surface area contributed by atoms with E-state index in [1.165, 1.54) is 107 Å². The van der Waals surface area contributed by atoms with Gasteiger partial charge >= 0.3 is 135 Å². The molecule has 2 saturated heterocycles. The number of fused-ring (bicyclic) bond motifs is 2. The number of nitrogens with zero attached hydrogens (tertiary/aromatic N) is 8. The predicted octanol–water partition coefficient (Wildman–Crippen LogP) is 16.2. The number of halogens is 1. The molecule has 2 aliphatic carbocycles. The number of hydrogen-bond acceptors (Lipinski definition) is 14. The molecular formula is C70H95IN8O6S4Sn. The van der Waals surface area contributed by atoms with Crippen molar-refractivity contribution >= 4 is 109 Å². The largest absolute Gasteiger partial charge is 0.380 e. The van der Waals surface area contributed by atoms with Gasteiger partial charge in [0.05, 0.1) is 28.7 Å². The molecule has 2 aromatic carbocycles. The second-order valence-electron chi connectivity index (χ2n) is 25.5. The Balaban J connectivity index is 0.000000156. The summed E-state index contributed by atoms with van der Waals surface area (Å²) < 4.78 is 74.7. The Morgan fingerprint density at radius 3 is 1.44 bits per heavy atom. The minimum atomic E-state index is -3.80. The molecule has 0 amide bonds. The second-order valence-corrected chi connectivity index (χ2v) is 46.6. The SMILES string of the molecule is CCC[CH2][Sn]([CH2]CCC)([CH2]CCC)[c]1nc(C)c(C)s1.Cc1nc(-c2cn(S(=O)(=O)c3ccccc3)c3ncc(C4CCC(N5CCCOCC5)CC4)cc23)sc1C.O=S(=O)(c1ccccc1)n1cc(I)c2cc(C3CCC(N4CCCOCC4)CC3)cnc21. The topological polar surface area (TPSA) is 155 Å². The molecule has 0 N–H and O–H groups in total. The molecule has 4 aliphatic rings. The number of benzene rings is 2. The standard InChI is InChI=1S/C29H34N4O3S2.C24H28IN3O3S.C5H6NS.3C4H9.Sn/c1-20-21(2)37-29(31-20)27-19-33(38(34,35)25-7-4-3-5-8-25)28-26(27)17-23(18-30-28)22-9-11-24(12-10-22)32-13-6-15-36-16-14-32;25-23-17-28(32(29,30)21-5-2-1-3-6-21)24-22(23)15-19(16-26-24)18-7-9-20(10-8-18)27-11-4-13-31-14-12-27;1-4-5(2)7-3-6-4;3*1-3-4-2;/h3-5,7-8,17-19,22,24H,6,9-16H2,1-2H3;1-3,5-6,15-18,20H,4,7-14H2;1-2H3;3*1,3-4H2,2H3;. The van der Waals surface area contributed by atoms with Crippen LogP contribution in [0.2, 0.25) is 13.3 Å².